The Balaban J connectivity index is 2.45. The molecule has 0 fully saturated rings. The quantitative estimate of drug-likeness (QED) is 0.934. The van der Waals surface area contributed by atoms with Crippen molar-refractivity contribution in [3.63, 3.8) is 0 Å². The number of fused-ring (bicyclic) bond motifs is 1. The predicted octanol–water partition coefficient (Wildman–Crippen LogP) is 2.52. The van der Waals surface area contributed by atoms with Gasteiger partial charge in [0.25, 0.3) is 0 Å². The van der Waals surface area contributed by atoms with Crippen LogP contribution in [0.3, 0.4) is 0 Å². The average molecular weight is 334 g/mol. The maximum absolute atomic E-state index is 12.2. The summed E-state index contributed by atoms with van der Waals surface area (Å²) in [5.41, 5.74) is 0.0913. The molecule has 0 atom stereocenters. The van der Waals surface area contributed by atoms with Crippen LogP contribution < -0.4 is 9.62 Å². The van der Waals surface area contributed by atoms with E-state index in [9.17, 15) is 13.2 Å². The molecule has 2 rings (SSSR count). The largest absolute Gasteiger partial charge is 0.350 e. The van der Waals surface area contributed by atoms with Gasteiger partial charge in [-0.25, -0.2) is 8.42 Å². The standard InChI is InChI=1S/C17H22N2O3S/c1-17(2,3)18-16(20)12-19(23(4,21)22)15-11-7-9-13-8-5-6-10-14(13)15/h5-11H,12H2,1-4H3,(H,18,20). The van der Waals surface area contributed by atoms with E-state index in [4.69, 9.17) is 0 Å². The van der Waals surface area contributed by atoms with E-state index in [0.29, 0.717) is 5.69 Å². The summed E-state index contributed by atoms with van der Waals surface area (Å²) in [7, 11) is -3.59. The van der Waals surface area contributed by atoms with Gasteiger partial charge in [0.05, 0.1) is 11.9 Å². The zero-order valence-electron chi connectivity index (χ0n) is 13.8. The molecule has 0 heterocycles. The Morgan fingerprint density at radius 2 is 1.70 bits per heavy atom. The number of benzene rings is 2. The van der Waals surface area contributed by atoms with E-state index in [0.717, 1.165) is 21.3 Å². The third-order valence-electron chi connectivity index (χ3n) is 3.24. The van der Waals surface area contributed by atoms with Crippen LogP contribution in [0.15, 0.2) is 42.5 Å². The molecule has 2 aromatic rings. The number of anilines is 1. The Morgan fingerprint density at radius 1 is 1.09 bits per heavy atom. The molecule has 0 aliphatic heterocycles. The van der Waals surface area contributed by atoms with Gasteiger partial charge in [-0.2, -0.15) is 0 Å². The van der Waals surface area contributed by atoms with E-state index in [2.05, 4.69) is 5.32 Å². The Bertz CT molecular complexity index is 818. The van der Waals surface area contributed by atoms with Crippen molar-refractivity contribution in [2.75, 3.05) is 17.1 Å². The first kappa shape index (κ1) is 17.3. The lowest BCUT2D eigenvalue weighted by Gasteiger charge is -2.26. The van der Waals surface area contributed by atoms with Gasteiger partial charge in [0.2, 0.25) is 15.9 Å². The highest BCUT2D eigenvalue weighted by Gasteiger charge is 2.24. The summed E-state index contributed by atoms with van der Waals surface area (Å²) < 4.78 is 25.6. The van der Waals surface area contributed by atoms with Crippen LogP contribution in [0, 0.1) is 0 Å². The van der Waals surface area contributed by atoms with E-state index < -0.39 is 15.6 Å². The Hall–Kier alpha value is -2.08. The third kappa shape index (κ3) is 4.45. The Morgan fingerprint density at radius 3 is 2.30 bits per heavy atom. The fraction of sp³-hybridized carbons (Fsp3) is 0.353. The highest BCUT2D eigenvalue weighted by Crippen LogP contribution is 2.28. The first-order valence-corrected chi connectivity index (χ1v) is 9.19. The van der Waals surface area contributed by atoms with Crippen LogP contribution in [0.4, 0.5) is 5.69 Å². The number of sulfonamides is 1. The van der Waals surface area contributed by atoms with Gasteiger partial charge in [-0.1, -0.05) is 36.4 Å². The summed E-state index contributed by atoms with van der Waals surface area (Å²) in [4.78, 5) is 12.2. The SMILES string of the molecule is CC(C)(C)NC(=O)CN(c1cccc2ccccc12)S(C)(=O)=O. The summed E-state index contributed by atoms with van der Waals surface area (Å²) in [5, 5.41) is 4.52. The van der Waals surface area contributed by atoms with Gasteiger partial charge >= 0.3 is 0 Å². The molecule has 1 amide bonds. The highest BCUT2D eigenvalue weighted by molar-refractivity contribution is 7.92. The zero-order valence-corrected chi connectivity index (χ0v) is 14.6. The van der Waals surface area contributed by atoms with Crippen molar-refractivity contribution in [2.45, 2.75) is 26.3 Å². The Labute approximate surface area is 137 Å². The second-order valence-electron chi connectivity index (χ2n) is 6.57. The van der Waals surface area contributed by atoms with E-state index >= 15 is 0 Å². The fourth-order valence-corrected chi connectivity index (χ4v) is 3.26. The number of carbonyl (C=O) groups is 1. The monoisotopic (exact) mass is 334 g/mol. The number of hydrogen-bond acceptors (Lipinski definition) is 3. The van der Waals surface area contributed by atoms with Crippen LogP contribution in [-0.4, -0.2) is 32.7 Å². The molecule has 23 heavy (non-hydrogen) atoms. The molecule has 0 aliphatic carbocycles. The van der Waals surface area contributed by atoms with E-state index in [-0.39, 0.29) is 12.5 Å². The molecule has 5 nitrogen and oxygen atoms in total. The maximum atomic E-state index is 12.2. The lowest BCUT2D eigenvalue weighted by molar-refractivity contribution is -0.121. The molecule has 0 aromatic heterocycles. The second-order valence-corrected chi connectivity index (χ2v) is 8.47. The molecular weight excluding hydrogens is 312 g/mol. The highest BCUT2D eigenvalue weighted by atomic mass is 32.2. The van der Waals surface area contributed by atoms with Gasteiger partial charge in [-0.15, -0.1) is 0 Å². The molecule has 0 saturated carbocycles. The predicted molar refractivity (Wildman–Crippen MR) is 94.0 cm³/mol. The van der Waals surface area contributed by atoms with E-state index in [1.54, 1.807) is 12.1 Å². The van der Waals surface area contributed by atoms with Gasteiger partial charge in [0, 0.05) is 10.9 Å². The minimum Gasteiger partial charge on any atom is -0.350 e. The van der Waals surface area contributed by atoms with Crippen LogP contribution in [0.5, 0.6) is 0 Å². The van der Waals surface area contributed by atoms with Crippen molar-refractivity contribution in [1.29, 1.82) is 0 Å². The molecule has 124 valence electrons. The lowest BCUT2D eigenvalue weighted by atomic mass is 10.1. The number of amides is 1. The van der Waals surface area contributed by atoms with E-state index in [1.165, 1.54) is 0 Å². The minimum atomic E-state index is -3.59. The van der Waals surface area contributed by atoms with Crippen molar-refractivity contribution < 1.29 is 13.2 Å². The molecular formula is C17H22N2O3S. The number of nitrogens with one attached hydrogen (secondary N) is 1. The molecule has 6 heteroatoms. The average Bonchev–Trinajstić information content (AvgIpc) is 2.41. The molecule has 0 spiro atoms. The lowest BCUT2D eigenvalue weighted by Crippen LogP contribution is -2.47. The summed E-state index contributed by atoms with van der Waals surface area (Å²) in [6, 6.07) is 12.9. The van der Waals surface area contributed by atoms with Crippen LogP contribution in [0.2, 0.25) is 0 Å². The minimum absolute atomic E-state index is 0.246. The van der Waals surface area contributed by atoms with Gasteiger partial charge < -0.3 is 5.32 Å². The second kappa shape index (κ2) is 6.20. The molecule has 1 N–H and O–H groups in total. The topological polar surface area (TPSA) is 66.5 Å². The number of rotatable bonds is 4. The van der Waals surface area contributed by atoms with Crippen LogP contribution in [0.25, 0.3) is 10.8 Å². The summed E-state index contributed by atoms with van der Waals surface area (Å²) in [6.07, 6.45) is 1.11. The van der Waals surface area contributed by atoms with Crippen molar-refractivity contribution in [1.82, 2.24) is 5.32 Å². The summed E-state index contributed by atoms with van der Waals surface area (Å²) in [5.74, 6) is -0.337. The normalized spacial score (nSPS) is 12.2. The number of nitrogens with zero attached hydrogens (tertiary/aromatic N) is 1. The molecule has 0 saturated heterocycles. The molecule has 0 radical (unpaired) electrons. The molecule has 2 aromatic carbocycles. The molecule has 0 aliphatic rings. The first-order valence-electron chi connectivity index (χ1n) is 7.34. The zero-order chi connectivity index (χ0) is 17.3. The fourth-order valence-electron chi connectivity index (χ4n) is 2.40. The summed E-state index contributed by atoms with van der Waals surface area (Å²) >= 11 is 0. The Kier molecular flexibility index (Phi) is 4.66. The van der Waals surface area contributed by atoms with Gasteiger partial charge in [0.1, 0.15) is 6.54 Å². The van der Waals surface area contributed by atoms with Crippen molar-refractivity contribution in [2.24, 2.45) is 0 Å². The molecule has 0 unspecified atom stereocenters. The van der Waals surface area contributed by atoms with Crippen LogP contribution >= 0.6 is 0 Å². The third-order valence-corrected chi connectivity index (χ3v) is 4.36. The summed E-state index contributed by atoms with van der Waals surface area (Å²) in [6.45, 7) is 5.32. The van der Waals surface area contributed by atoms with Crippen molar-refractivity contribution >= 4 is 32.4 Å². The first-order chi connectivity index (χ1) is 10.6. The van der Waals surface area contributed by atoms with Crippen LogP contribution in [0.1, 0.15) is 20.8 Å². The van der Waals surface area contributed by atoms with E-state index in [1.807, 2.05) is 51.1 Å². The van der Waals surface area contributed by atoms with Gasteiger partial charge in [-0.05, 0) is 32.2 Å². The smallest absolute Gasteiger partial charge is 0.241 e. The van der Waals surface area contributed by atoms with Gasteiger partial charge in [0.15, 0.2) is 0 Å². The van der Waals surface area contributed by atoms with Crippen molar-refractivity contribution in [3.05, 3.63) is 42.5 Å². The molecule has 0 bridgehead atoms. The number of hydrogen-bond donors (Lipinski definition) is 1. The van der Waals surface area contributed by atoms with Crippen LogP contribution in [-0.2, 0) is 14.8 Å². The maximum Gasteiger partial charge on any atom is 0.241 e. The van der Waals surface area contributed by atoms with Gasteiger partial charge in [-0.3, -0.25) is 9.10 Å². The number of carbonyl (C=O) groups excluding carboxylic acids is 1. The van der Waals surface area contributed by atoms with Crippen molar-refractivity contribution in [3.8, 4) is 0 Å².